The Hall–Kier alpha value is -0.740. The van der Waals surface area contributed by atoms with Gasteiger partial charge in [-0.2, -0.15) is 0 Å². The molecule has 2 atom stereocenters. The van der Waals surface area contributed by atoms with Crippen LogP contribution in [0.25, 0.3) is 0 Å². The third kappa shape index (κ3) is 5.41. The smallest absolute Gasteiger partial charge is 0.126 e. The molecule has 0 spiro atoms. The van der Waals surface area contributed by atoms with Crippen LogP contribution in [0.15, 0.2) is 18.2 Å². The maximum Gasteiger partial charge on any atom is 0.126 e. The summed E-state index contributed by atoms with van der Waals surface area (Å²) < 4.78 is 24.2. The molecule has 1 aromatic carbocycles. The molecule has 0 aliphatic heterocycles. The van der Waals surface area contributed by atoms with Crippen LogP contribution in [0.3, 0.4) is 0 Å². The molecular weight excluding hydrogens is 237 g/mol. The van der Waals surface area contributed by atoms with Crippen LogP contribution in [0, 0.1) is 12.7 Å². The normalized spacial score (nSPS) is 14.6. The van der Waals surface area contributed by atoms with Gasteiger partial charge in [-0.3, -0.25) is 4.21 Å². The Morgan fingerprint density at radius 2 is 2.18 bits per heavy atom. The first-order chi connectivity index (χ1) is 7.99. The zero-order chi connectivity index (χ0) is 12.8. The Kier molecular flexibility index (Phi) is 5.78. The van der Waals surface area contributed by atoms with Crippen molar-refractivity contribution >= 4 is 10.8 Å². The first-order valence-electron chi connectivity index (χ1n) is 5.77. The van der Waals surface area contributed by atoms with E-state index in [2.05, 4.69) is 12.2 Å². The van der Waals surface area contributed by atoms with Gasteiger partial charge in [-0.15, -0.1) is 0 Å². The largest absolute Gasteiger partial charge is 0.310 e. The van der Waals surface area contributed by atoms with Gasteiger partial charge in [-0.25, -0.2) is 4.39 Å². The van der Waals surface area contributed by atoms with Crippen LogP contribution in [0.5, 0.6) is 0 Å². The van der Waals surface area contributed by atoms with Crippen molar-refractivity contribution in [1.82, 2.24) is 5.32 Å². The lowest BCUT2D eigenvalue weighted by molar-refractivity contribution is 0.532. The number of aryl methyl sites for hydroxylation is 1. The van der Waals surface area contributed by atoms with Gasteiger partial charge in [0, 0.05) is 35.4 Å². The summed E-state index contributed by atoms with van der Waals surface area (Å²) in [5.74, 6) is 0.544. The van der Waals surface area contributed by atoms with Crippen molar-refractivity contribution in [3.63, 3.8) is 0 Å². The number of hydrogen-bond donors (Lipinski definition) is 1. The lowest BCUT2D eigenvalue weighted by Crippen LogP contribution is -2.27. The highest BCUT2D eigenvalue weighted by Crippen LogP contribution is 2.09. The van der Waals surface area contributed by atoms with Crippen LogP contribution in [-0.2, 0) is 17.3 Å². The standard InChI is InChI=1S/C13H20FNOS/c1-10-4-5-12(8-13(10)14)9-15-11(2)6-7-17(3)16/h4-5,8,11,15H,6-7,9H2,1-3H3. The van der Waals surface area contributed by atoms with E-state index in [4.69, 9.17) is 0 Å². The van der Waals surface area contributed by atoms with Crippen LogP contribution in [0.2, 0.25) is 0 Å². The van der Waals surface area contributed by atoms with E-state index in [-0.39, 0.29) is 5.82 Å². The van der Waals surface area contributed by atoms with Crippen molar-refractivity contribution in [2.24, 2.45) is 0 Å². The van der Waals surface area contributed by atoms with E-state index in [1.54, 1.807) is 25.3 Å². The summed E-state index contributed by atoms with van der Waals surface area (Å²) in [5.41, 5.74) is 1.61. The summed E-state index contributed by atoms with van der Waals surface area (Å²) in [5, 5.41) is 3.30. The van der Waals surface area contributed by atoms with Gasteiger partial charge in [0.2, 0.25) is 0 Å². The summed E-state index contributed by atoms with van der Waals surface area (Å²) in [6.45, 7) is 4.46. The maximum atomic E-state index is 13.3. The number of rotatable bonds is 6. The number of nitrogens with one attached hydrogen (secondary N) is 1. The number of halogens is 1. The molecular formula is C13H20FNOS. The van der Waals surface area contributed by atoms with Crippen LogP contribution in [0.4, 0.5) is 4.39 Å². The Morgan fingerprint density at radius 3 is 2.76 bits per heavy atom. The molecule has 0 aromatic heterocycles. The summed E-state index contributed by atoms with van der Waals surface area (Å²) in [6.07, 6.45) is 2.58. The molecule has 0 heterocycles. The van der Waals surface area contributed by atoms with Gasteiger partial charge >= 0.3 is 0 Å². The first-order valence-corrected chi connectivity index (χ1v) is 7.50. The molecule has 4 heteroatoms. The maximum absolute atomic E-state index is 13.3. The molecule has 0 aliphatic rings. The predicted molar refractivity (Wildman–Crippen MR) is 71.0 cm³/mol. The molecule has 0 amide bonds. The molecule has 17 heavy (non-hydrogen) atoms. The molecule has 0 saturated heterocycles. The minimum Gasteiger partial charge on any atom is -0.310 e. The Labute approximate surface area is 105 Å². The van der Waals surface area contributed by atoms with Crippen molar-refractivity contribution in [3.05, 3.63) is 35.1 Å². The highest BCUT2D eigenvalue weighted by molar-refractivity contribution is 7.84. The molecule has 0 saturated carbocycles. The summed E-state index contributed by atoms with van der Waals surface area (Å²) in [6, 6.07) is 5.57. The van der Waals surface area contributed by atoms with Gasteiger partial charge in [0.1, 0.15) is 5.82 Å². The van der Waals surface area contributed by atoms with Gasteiger partial charge in [0.25, 0.3) is 0 Å². The fourth-order valence-electron chi connectivity index (χ4n) is 1.48. The third-order valence-corrected chi connectivity index (χ3v) is 3.54. The summed E-state index contributed by atoms with van der Waals surface area (Å²) in [7, 11) is -0.741. The van der Waals surface area contributed by atoms with Crippen molar-refractivity contribution in [2.75, 3.05) is 12.0 Å². The van der Waals surface area contributed by atoms with E-state index in [1.165, 1.54) is 0 Å². The van der Waals surface area contributed by atoms with Crippen molar-refractivity contribution < 1.29 is 8.60 Å². The van der Waals surface area contributed by atoms with E-state index in [0.717, 1.165) is 12.0 Å². The van der Waals surface area contributed by atoms with Gasteiger partial charge in [-0.05, 0) is 37.5 Å². The number of hydrogen-bond acceptors (Lipinski definition) is 2. The molecule has 96 valence electrons. The summed E-state index contributed by atoms with van der Waals surface area (Å²) in [4.78, 5) is 0. The molecule has 2 unspecified atom stereocenters. The van der Waals surface area contributed by atoms with Crippen molar-refractivity contribution in [2.45, 2.75) is 32.9 Å². The number of benzene rings is 1. The topological polar surface area (TPSA) is 29.1 Å². The van der Waals surface area contributed by atoms with E-state index < -0.39 is 10.8 Å². The second-order valence-electron chi connectivity index (χ2n) is 4.43. The van der Waals surface area contributed by atoms with Crippen LogP contribution in [-0.4, -0.2) is 22.3 Å². The molecule has 0 aliphatic carbocycles. The van der Waals surface area contributed by atoms with Gasteiger partial charge < -0.3 is 5.32 Å². The van der Waals surface area contributed by atoms with E-state index in [1.807, 2.05) is 6.07 Å². The van der Waals surface area contributed by atoms with E-state index >= 15 is 0 Å². The highest BCUT2D eigenvalue weighted by atomic mass is 32.2. The summed E-state index contributed by atoms with van der Waals surface area (Å²) >= 11 is 0. The minimum atomic E-state index is -0.741. The average molecular weight is 257 g/mol. The second kappa shape index (κ2) is 6.87. The molecule has 0 fully saturated rings. The Balaban J connectivity index is 2.39. The van der Waals surface area contributed by atoms with Gasteiger partial charge in [0.05, 0.1) is 0 Å². The first kappa shape index (κ1) is 14.3. The third-order valence-electron chi connectivity index (χ3n) is 2.73. The molecule has 2 nitrogen and oxygen atoms in total. The lowest BCUT2D eigenvalue weighted by Gasteiger charge is -2.13. The quantitative estimate of drug-likeness (QED) is 0.848. The molecule has 1 N–H and O–H groups in total. The highest BCUT2D eigenvalue weighted by Gasteiger charge is 2.04. The van der Waals surface area contributed by atoms with Crippen molar-refractivity contribution in [1.29, 1.82) is 0 Å². The fraction of sp³-hybridized carbons (Fsp3) is 0.538. The molecule has 1 rings (SSSR count). The fourth-order valence-corrected chi connectivity index (χ4v) is 2.17. The molecule has 1 aromatic rings. The zero-order valence-corrected chi connectivity index (χ0v) is 11.4. The van der Waals surface area contributed by atoms with Crippen molar-refractivity contribution in [3.8, 4) is 0 Å². The average Bonchev–Trinajstić information content (AvgIpc) is 2.28. The van der Waals surface area contributed by atoms with Crippen LogP contribution >= 0.6 is 0 Å². The van der Waals surface area contributed by atoms with Crippen LogP contribution in [0.1, 0.15) is 24.5 Å². The van der Waals surface area contributed by atoms with Crippen LogP contribution < -0.4 is 5.32 Å². The minimum absolute atomic E-state index is 0.161. The molecule has 0 radical (unpaired) electrons. The second-order valence-corrected chi connectivity index (χ2v) is 5.99. The molecule has 0 bridgehead atoms. The predicted octanol–water partition coefficient (Wildman–Crippen LogP) is 2.38. The zero-order valence-electron chi connectivity index (χ0n) is 10.6. The Morgan fingerprint density at radius 1 is 1.47 bits per heavy atom. The monoisotopic (exact) mass is 257 g/mol. The van der Waals surface area contributed by atoms with E-state index in [0.29, 0.717) is 23.9 Å². The SMILES string of the molecule is Cc1ccc(CNC(C)CCS(C)=O)cc1F. The Bertz CT molecular complexity index is 395. The van der Waals surface area contributed by atoms with Gasteiger partial charge in [-0.1, -0.05) is 12.1 Å². The van der Waals surface area contributed by atoms with Gasteiger partial charge in [0.15, 0.2) is 0 Å². The van der Waals surface area contributed by atoms with E-state index in [9.17, 15) is 8.60 Å². The lowest BCUT2D eigenvalue weighted by atomic mass is 10.1.